The van der Waals surface area contributed by atoms with E-state index in [9.17, 15) is 19.5 Å². The van der Waals surface area contributed by atoms with Crippen molar-refractivity contribution < 1.29 is 24.2 Å². The minimum atomic E-state index is -0.839. The number of aromatic nitrogens is 2. The van der Waals surface area contributed by atoms with Crippen LogP contribution in [-0.4, -0.2) is 70.6 Å². The van der Waals surface area contributed by atoms with Gasteiger partial charge < -0.3 is 20.5 Å². The number of aliphatic hydroxyl groups is 1. The Kier molecular flexibility index (Phi) is 10.1. The van der Waals surface area contributed by atoms with Crippen molar-refractivity contribution in [2.75, 3.05) is 26.3 Å². The molecule has 47 heavy (non-hydrogen) atoms. The van der Waals surface area contributed by atoms with Crippen LogP contribution >= 0.6 is 22.7 Å². The molecule has 0 radical (unpaired) electrons. The highest BCUT2D eigenvalue weighted by atomic mass is 32.1. The van der Waals surface area contributed by atoms with Crippen LogP contribution in [0.15, 0.2) is 82.1 Å². The zero-order valence-electron chi connectivity index (χ0n) is 26.8. The molecule has 13 heteroatoms. The first-order chi connectivity index (χ1) is 22.4. The maximum atomic E-state index is 12.6. The molecule has 244 valence electrons. The molecular formula is C34H36N6O5S2. The second-order valence-electron chi connectivity index (χ2n) is 12.2. The molecule has 2 aliphatic heterocycles. The Morgan fingerprint density at radius 2 is 1.21 bits per heavy atom. The van der Waals surface area contributed by atoms with Crippen molar-refractivity contribution in [2.24, 2.45) is 20.8 Å². The Balaban J connectivity index is 0.000000186. The quantitative estimate of drug-likeness (QED) is 0.216. The van der Waals surface area contributed by atoms with Crippen LogP contribution in [0.2, 0.25) is 0 Å². The Hall–Kier alpha value is -4.59. The van der Waals surface area contributed by atoms with Crippen LogP contribution in [0.25, 0.3) is 20.4 Å². The number of hydrogen-bond acceptors (Lipinski definition) is 11. The average Bonchev–Trinajstić information content (AvgIpc) is 3.85. The van der Waals surface area contributed by atoms with E-state index in [0.717, 1.165) is 30.4 Å². The van der Waals surface area contributed by atoms with E-state index in [4.69, 9.17) is 4.74 Å². The molecule has 0 atom stereocenters. The molecule has 0 saturated heterocycles. The number of para-hydroxylation sites is 2. The molecule has 0 bridgehead atoms. The number of thiazole rings is 2. The van der Waals surface area contributed by atoms with E-state index < -0.39 is 16.8 Å². The summed E-state index contributed by atoms with van der Waals surface area (Å²) in [5.74, 6) is -0.856. The highest BCUT2D eigenvalue weighted by molar-refractivity contribution is 7.20. The first-order valence-corrected chi connectivity index (χ1v) is 16.6. The Morgan fingerprint density at radius 1 is 0.766 bits per heavy atom. The smallest absolute Gasteiger partial charge is 0.302 e. The SMILES string of the molecule is CC(=O)OCC(C)(C)C(=O)NC1=CCN=C1c1nc2ccccc2s1.CC(C)(CO)C(=O)NC1=CCN=C1c1nc2ccccc2s1. The normalized spacial score (nSPS) is 14.5. The van der Waals surface area contributed by atoms with Gasteiger partial charge in [0.1, 0.15) is 28.0 Å². The lowest BCUT2D eigenvalue weighted by molar-refractivity contribution is -0.147. The van der Waals surface area contributed by atoms with Crippen molar-refractivity contribution in [3.8, 4) is 0 Å². The summed E-state index contributed by atoms with van der Waals surface area (Å²) in [7, 11) is 0. The number of nitrogens with zero attached hydrogens (tertiary/aromatic N) is 4. The average molecular weight is 673 g/mol. The van der Waals surface area contributed by atoms with Gasteiger partial charge in [-0.1, -0.05) is 24.3 Å². The molecule has 0 spiro atoms. The predicted molar refractivity (Wildman–Crippen MR) is 186 cm³/mol. The molecule has 2 aromatic carbocycles. The number of allylic oxidation sites excluding steroid dienone is 2. The monoisotopic (exact) mass is 672 g/mol. The molecule has 3 N–H and O–H groups in total. The molecule has 4 aromatic rings. The summed E-state index contributed by atoms with van der Waals surface area (Å²) < 4.78 is 7.15. The van der Waals surface area contributed by atoms with E-state index in [-0.39, 0.29) is 25.0 Å². The second-order valence-corrected chi connectivity index (χ2v) is 14.3. The number of carbonyl (C=O) groups is 3. The number of rotatable bonds is 9. The van der Waals surface area contributed by atoms with Crippen LogP contribution in [-0.2, 0) is 19.1 Å². The minimum Gasteiger partial charge on any atom is -0.465 e. The summed E-state index contributed by atoms with van der Waals surface area (Å²) in [6, 6.07) is 15.8. The summed E-state index contributed by atoms with van der Waals surface area (Å²) >= 11 is 3.10. The standard InChI is InChI=1S/C18H19N3O3S.C16H17N3O2S/c1-11(22)24-10-18(2,3)17(23)21-13-8-9-19-15(13)16-20-12-6-4-5-7-14(12)25-16;1-16(2,9-20)15(21)19-11-7-8-17-13(11)14-18-10-5-3-4-6-12(10)22-14/h4-8H,9-10H2,1-3H3,(H,21,23);3-7,20H,8-9H2,1-2H3,(H,19,21). The van der Waals surface area contributed by atoms with Crippen LogP contribution in [0.5, 0.6) is 0 Å². The van der Waals surface area contributed by atoms with Crippen molar-refractivity contribution in [3.05, 3.63) is 82.1 Å². The molecule has 2 amide bonds. The predicted octanol–water partition coefficient (Wildman–Crippen LogP) is 4.81. The summed E-state index contributed by atoms with van der Waals surface area (Å²) in [5.41, 5.74) is 2.90. The lowest BCUT2D eigenvalue weighted by Crippen LogP contribution is -2.41. The van der Waals surface area contributed by atoms with Crippen LogP contribution in [0.4, 0.5) is 0 Å². The Labute approximate surface area is 280 Å². The molecule has 0 unspecified atom stereocenters. The maximum Gasteiger partial charge on any atom is 0.302 e. The van der Waals surface area contributed by atoms with Gasteiger partial charge in [-0.3, -0.25) is 24.4 Å². The number of nitrogens with one attached hydrogen (secondary N) is 2. The summed E-state index contributed by atoms with van der Waals surface area (Å²) in [4.78, 5) is 53.9. The topological polar surface area (TPSA) is 155 Å². The molecule has 4 heterocycles. The van der Waals surface area contributed by atoms with Gasteiger partial charge in [-0.05, 0) is 64.1 Å². The van der Waals surface area contributed by atoms with Gasteiger partial charge in [-0.15, -0.1) is 22.7 Å². The maximum absolute atomic E-state index is 12.6. The van der Waals surface area contributed by atoms with Gasteiger partial charge >= 0.3 is 5.97 Å². The molecular weight excluding hydrogens is 637 g/mol. The van der Waals surface area contributed by atoms with Gasteiger partial charge in [-0.2, -0.15) is 0 Å². The van der Waals surface area contributed by atoms with Gasteiger partial charge in [0.05, 0.1) is 62.4 Å². The van der Waals surface area contributed by atoms with Crippen LogP contribution in [0.3, 0.4) is 0 Å². The molecule has 2 aliphatic rings. The van der Waals surface area contributed by atoms with Crippen molar-refractivity contribution in [2.45, 2.75) is 34.6 Å². The molecule has 0 aliphatic carbocycles. The molecule has 2 aromatic heterocycles. The van der Waals surface area contributed by atoms with Gasteiger partial charge in [0, 0.05) is 6.92 Å². The largest absolute Gasteiger partial charge is 0.465 e. The van der Waals surface area contributed by atoms with E-state index >= 15 is 0 Å². The molecule has 0 fully saturated rings. The lowest BCUT2D eigenvalue weighted by atomic mass is 9.93. The number of fused-ring (bicyclic) bond motifs is 2. The number of ether oxygens (including phenoxy) is 1. The van der Waals surface area contributed by atoms with Crippen LogP contribution < -0.4 is 10.6 Å². The van der Waals surface area contributed by atoms with Crippen LogP contribution in [0, 0.1) is 10.8 Å². The Morgan fingerprint density at radius 3 is 1.64 bits per heavy atom. The van der Waals surface area contributed by atoms with Gasteiger partial charge in [0.25, 0.3) is 0 Å². The van der Waals surface area contributed by atoms with Gasteiger partial charge in [-0.25, -0.2) is 9.97 Å². The summed E-state index contributed by atoms with van der Waals surface area (Å²) in [5, 5.41) is 16.6. The number of aliphatic hydroxyl groups excluding tert-OH is 1. The minimum absolute atomic E-state index is 0.0229. The number of hydrogen-bond donors (Lipinski definition) is 3. The van der Waals surface area contributed by atoms with Crippen molar-refractivity contribution in [1.29, 1.82) is 0 Å². The third kappa shape index (κ3) is 7.87. The van der Waals surface area contributed by atoms with E-state index in [0.29, 0.717) is 35.9 Å². The van der Waals surface area contributed by atoms with Crippen LogP contribution in [0.1, 0.15) is 44.6 Å². The second kappa shape index (κ2) is 14.0. The highest BCUT2D eigenvalue weighted by Gasteiger charge is 2.32. The van der Waals surface area contributed by atoms with Gasteiger partial charge in [0.15, 0.2) is 0 Å². The zero-order valence-corrected chi connectivity index (χ0v) is 28.4. The molecule has 0 saturated carbocycles. The zero-order chi connectivity index (χ0) is 33.8. The van der Waals surface area contributed by atoms with E-state index in [1.54, 1.807) is 50.4 Å². The van der Waals surface area contributed by atoms with Gasteiger partial charge in [0.2, 0.25) is 11.8 Å². The van der Waals surface area contributed by atoms with E-state index in [1.807, 2.05) is 60.7 Å². The summed E-state index contributed by atoms with van der Waals surface area (Å²) in [6.45, 7) is 9.04. The fourth-order valence-corrected chi connectivity index (χ4v) is 6.33. The third-order valence-corrected chi connectivity index (χ3v) is 9.44. The number of aliphatic imine (C=N–C) groups is 2. The molecule has 11 nitrogen and oxygen atoms in total. The number of amides is 2. The van der Waals surface area contributed by atoms with Crippen molar-refractivity contribution in [1.82, 2.24) is 20.6 Å². The van der Waals surface area contributed by atoms with E-state index in [1.165, 1.54) is 6.92 Å². The third-order valence-electron chi connectivity index (χ3n) is 7.35. The first-order valence-electron chi connectivity index (χ1n) is 15.0. The fourth-order valence-electron chi connectivity index (χ4n) is 4.36. The van der Waals surface area contributed by atoms with Crippen molar-refractivity contribution >= 4 is 72.3 Å². The number of esters is 1. The first kappa shape index (κ1) is 33.8. The Bertz CT molecular complexity index is 1900. The number of carbonyl (C=O) groups excluding carboxylic acids is 3. The molecule has 6 rings (SSSR count). The van der Waals surface area contributed by atoms with E-state index in [2.05, 4.69) is 30.6 Å². The number of benzene rings is 2. The highest BCUT2D eigenvalue weighted by Crippen LogP contribution is 2.27. The lowest BCUT2D eigenvalue weighted by Gasteiger charge is -2.23. The summed E-state index contributed by atoms with van der Waals surface area (Å²) in [6.07, 6.45) is 3.73. The fraction of sp³-hybridized carbons (Fsp3) is 0.324. The van der Waals surface area contributed by atoms with Crippen molar-refractivity contribution in [3.63, 3.8) is 0 Å².